The molecule has 0 aliphatic heterocycles. The molecule has 0 fully saturated rings. The largest absolute Gasteiger partial charge is 1.00 e. The van der Waals surface area contributed by atoms with Gasteiger partial charge in [0.2, 0.25) is 0 Å². The summed E-state index contributed by atoms with van der Waals surface area (Å²) in [6, 6.07) is 11.8. The van der Waals surface area contributed by atoms with Gasteiger partial charge in [0.25, 0.3) is 0 Å². The zero-order valence-corrected chi connectivity index (χ0v) is 8.50. The van der Waals surface area contributed by atoms with Gasteiger partial charge in [-0.2, -0.15) is 5.26 Å². The molecule has 5 nitrogen and oxygen atoms in total. The first-order valence-electron chi connectivity index (χ1n) is 3.39. The second kappa shape index (κ2) is 9.74. The fourth-order valence-corrected chi connectivity index (χ4v) is 0.687. The van der Waals surface area contributed by atoms with Crippen molar-refractivity contribution < 1.29 is 27.5 Å². The van der Waals surface area contributed by atoms with Crippen LogP contribution in [-0.2, 0) is 28.8 Å². The van der Waals surface area contributed by atoms with Gasteiger partial charge in [0.05, 0.1) is 17.6 Å². The molecule has 0 aliphatic carbocycles. The van der Waals surface area contributed by atoms with Gasteiger partial charge in [-0.05, 0) is 5.56 Å². The second-order valence-electron chi connectivity index (χ2n) is 2.04. The summed E-state index contributed by atoms with van der Waals surface area (Å²) in [6.45, 7) is 0. The van der Waals surface area contributed by atoms with E-state index in [4.69, 9.17) is 20.6 Å². The fourth-order valence-electron chi connectivity index (χ4n) is 0.687. The Balaban J connectivity index is 0. The molecule has 1 aromatic carbocycles. The number of benzene rings is 1. The Bertz CT molecular complexity index is 293. The number of hydrogen-bond donors (Lipinski definition) is 0. The van der Waals surface area contributed by atoms with Crippen LogP contribution in [0.2, 0.25) is 0 Å². The smallest absolute Gasteiger partial charge is 0.356 e. The molecule has 0 saturated heterocycles. The molecule has 0 radical (unpaired) electrons. The third kappa shape index (κ3) is 10.7. The van der Waals surface area contributed by atoms with Crippen molar-refractivity contribution in [1.82, 2.24) is 0 Å². The van der Waals surface area contributed by atoms with Crippen LogP contribution in [0.1, 0.15) is 5.56 Å². The van der Waals surface area contributed by atoms with Crippen LogP contribution in [0.3, 0.4) is 0 Å². The van der Waals surface area contributed by atoms with E-state index in [1.807, 2.05) is 30.3 Å². The predicted octanol–water partition coefficient (Wildman–Crippen LogP) is 1.51. The summed E-state index contributed by atoms with van der Waals surface area (Å²) in [5.41, 5.74) is 1.08. The molecule has 0 saturated carbocycles. The van der Waals surface area contributed by atoms with Gasteiger partial charge < -0.3 is 15.3 Å². The molecule has 14 heavy (non-hydrogen) atoms. The number of nitrogens with zero attached hydrogens (tertiary/aromatic N) is 2. The van der Waals surface area contributed by atoms with Gasteiger partial charge in [-0.25, -0.2) is 0 Å². The van der Waals surface area contributed by atoms with Gasteiger partial charge in [-0.1, -0.05) is 30.3 Å². The van der Waals surface area contributed by atoms with E-state index < -0.39 is 5.09 Å². The van der Waals surface area contributed by atoms with Gasteiger partial charge in [0.15, 0.2) is 0 Å². The Morgan fingerprint density at radius 3 is 2.07 bits per heavy atom. The van der Waals surface area contributed by atoms with Crippen molar-refractivity contribution in [3.05, 3.63) is 51.2 Å². The molecule has 78 valence electrons. The minimum Gasteiger partial charge on any atom is -0.356 e. The summed E-state index contributed by atoms with van der Waals surface area (Å²) < 4.78 is 0. The summed E-state index contributed by atoms with van der Waals surface area (Å²) in [5, 5.41) is 23.0. The molecule has 0 atom stereocenters. The molecule has 0 bridgehead atoms. The van der Waals surface area contributed by atoms with Crippen molar-refractivity contribution in [1.29, 1.82) is 5.26 Å². The summed E-state index contributed by atoms with van der Waals surface area (Å²) in [5.74, 6) is 0. The van der Waals surface area contributed by atoms with Crippen LogP contribution in [0.5, 0.6) is 0 Å². The van der Waals surface area contributed by atoms with Gasteiger partial charge in [0.1, 0.15) is 0 Å². The van der Waals surface area contributed by atoms with E-state index in [-0.39, 0.29) is 22.4 Å². The standard InChI is InChI=1S/C8H7N.Ag.NO3/c9-7-6-8-4-2-1-3-5-8;;2-1(3)4/h1-5H,6H2;;/q;+1;-1. The van der Waals surface area contributed by atoms with Crippen LogP contribution >= 0.6 is 0 Å². The monoisotopic (exact) mass is 286 g/mol. The van der Waals surface area contributed by atoms with Crippen LogP contribution in [0.25, 0.3) is 0 Å². The van der Waals surface area contributed by atoms with Crippen molar-refractivity contribution in [3.8, 4) is 6.07 Å². The number of nitriles is 1. The first-order valence-corrected chi connectivity index (χ1v) is 3.39. The molecule has 0 N–H and O–H groups in total. The summed E-state index contributed by atoms with van der Waals surface area (Å²) in [6.07, 6.45) is 0.515. The third-order valence-corrected chi connectivity index (χ3v) is 1.13. The van der Waals surface area contributed by atoms with Crippen molar-refractivity contribution in [2.75, 3.05) is 0 Å². The Labute approximate surface area is 96.6 Å². The van der Waals surface area contributed by atoms with E-state index >= 15 is 0 Å². The first-order chi connectivity index (χ1) is 6.16. The predicted molar refractivity (Wildman–Crippen MR) is 46.1 cm³/mol. The van der Waals surface area contributed by atoms with E-state index in [2.05, 4.69) is 6.07 Å². The van der Waals surface area contributed by atoms with Crippen LogP contribution in [0.4, 0.5) is 0 Å². The van der Waals surface area contributed by atoms with Gasteiger partial charge in [-0.15, -0.1) is 0 Å². The zero-order valence-electron chi connectivity index (χ0n) is 7.01. The maximum absolute atomic E-state index is 8.27. The Hall–Kier alpha value is -1.35. The average molecular weight is 287 g/mol. The summed E-state index contributed by atoms with van der Waals surface area (Å²) >= 11 is 0. The van der Waals surface area contributed by atoms with Crippen molar-refractivity contribution in [3.63, 3.8) is 0 Å². The molecule has 0 unspecified atom stereocenters. The van der Waals surface area contributed by atoms with Crippen molar-refractivity contribution >= 4 is 0 Å². The SMILES string of the molecule is N#CCc1ccccc1.O=[N+]([O-])[O-].[Ag+]. The fraction of sp³-hybridized carbons (Fsp3) is 0.125. The molecule has 6 heteroatoms. The molecule has 0 aromatic heterocycles. The van der Waals surface area contributed by atoms with Crippen LogP contribution in [-0.4, -0.2) is 5.09 Å². The molecule has 0 spiro atoms. The molecular weight excluding hydrogens is 280 g/mol. The Kier molecular flexibility index (Phi) is 10.5. The van der Waals surface area contributed by atoms with Crippen LogP contribution < -0.4 is 0 Å². The average Bonchev–Trinajstić information content (AvgIpc) is 2.06. The molecule has 0 aliphatic rings. The van der Waals surface area contributed by atoms with Crippen LogP contribution in [0, 0.1) is 26.7 Å². The van der Waals surface area contributed by atoms with Gasteiger partial charge >= 0.3 is 22.4 Å². The van der Waals surface area contributed by atoms with E-state index in [1.54, 1.807) is 0 Å². The van der Waals surface area contributed by atoms with E-state index in [0.717, 1.165) is 5.56 Å². The van der Waals surface area contributed by atoms with E-state index in [9.17, 15) is 0 Å². The molecule has 0 amide bonds. The topological polar surface area (TPSA) is 90.0 Å². The minimum absolute atomic E-state index is 0. The maximum Gasteiger partial charge on any atom is 1.00 e. The quantitative estimate of drug-likeness (QED) is 0.445. The maximum atomic E-state index is 8.27. The minimum atomic E-state index is -1.75. The van der Waals surface area contributed by atoms with E-state index in [1.165, 1.54) is 0 Å². The van der Waals surface area contributed by atoms with Gasteiger partial charge in [-0.3, -0.25) is 0 Å². The van der Waals surface area contributed by atoms with Crippen LogP contribution in [0.15, 0.2) is 30.3 Å². The Morgan fingerprint density at radius 1 is 1.29 bits per heavy atom. The zero-order chi connectivity index (χ0) is 10.1. The second-order valence-corrected chi connectivity index (χ2v) is 2.04. The van der Waals surface area contributed by atoms with Crippen molar-refractivity contribution in [2.45, 2.75) is 6.42 Å². The van der Waals surface area contributed by atoms with Crippen molar-refractivity contribution in [2.24, 2.45) is 0 Å². The summed E-state index contributed by atoms with van der Waals surface area (Å²) in [4.78, 5) is 8.25. The molecule has 0 heterocycles. The molecular formula is C8H7AgN2O3. The molecule has 1 rings (SSSR count). The summed E-state index contributed by atoms with van der Waals surface area (Å²) in [7, 11) is 0. The normalized spacial score (nSPS) is 7.07. The Morgan fingerprint density at radius 2 is 1.71 bits per heavy atom. The number of hydrogen-bond acceptors (Lipinski definition) is 4. The number of rotatable bonds is 1. The molecule has 1 aromatic rings. The van der Waals surface area contributed by atoms with E-state index in [0.29, 0.717) is 6.42 Å². The first kappa shape index (κ1) is 15.1. The van der Waals surface area contributed by atoms with Gasteiger partial charge in [0, 0.05) is 0 Å². The third-order valence-electron chi connectivity index (χ3n) is 1.13.